The van der Waals surface area contributed by atoms with Gasteiger partial charge >= 0.3 is 0 Å². The number of pyridine rings is 2. The number of fused-ring (bicyclic) bond motifs is 7. The van der Waals surface area contributed by atoms with Crippen LogP contribution in [0.1, 0.15) is 102 Å². The number of unbranched alkanes of at least 4 members (excludes halogenated alkanes) is 10. The molecule has 0 saturated heterocycles. The Hall–Kier alpha value is -3.74. The number of nitrogens with zero attached hydrogens (tertiary/aromatic N) is 4. The number of hydrogen-bond donors (Lipinski definition) is 0. The highest BCUT2D eigenvalue weighted by Crippen LogP contribution is 2.41. The summed E-state index contributed by atoms with van der Waals surface area (Å²) in [6.07, 6.45) is 21.8. The molecule has 0 amide bonds. The summed E-state index contributed by atoms with van der Waals surface area (Å²) in [6.45, 7) is 4.56. The van der Waals surface area contributed by atoms with Crippen LogP contribution in [0.4, 0.5) is 0 Å². The lowest BCUT2D eigenvalue weighted by atomic mass is 10.0. The molecule has 5 heterocycles. The zero-order chi connectivity index (χ0) is 32.7. The molecule has 5 aromatic heterocycles. The summed E-state index contributed by atoms with van der Waals surface area (Å²) >= 11 is 3.67. The molecule has 246 valence electrons. The Morgan fingerprint density at radius 3 is 1.38 bits per heavy atom. The first-order chi connectivity index (χ1) is 23.7. The molecule has 7 rings (SSSR count). The first-order valence-corrected chi connectivity index (χ1v) is 19.9. The minimum Gasteiger partial charge on any atom is -0.254 e. The Bertz CT molecular complexity index is 1990. The highest BCUT2D eigenvalue weighted by molar-refractivity contribution is 7.14. The number of hydrogen-bond acceptors (Lipinski definition) is 6. The minimum atomic E-state index is 0.877. The highest BCUT2D eigenvalue weighted by Gasteiger charge is 2.19. The lowest BCUT2D eigenvalue weighted by Gasteiger charge is -2.13. The summed E-state index contributed by atoms with van der Waals surface area (Å²) in [5.41, 5.74) is 10.7. The average Bonchev–Trinajstić information content (AvgIpc) is 3.80. The van der Waals surface area contributed by atoms with Crippen molar-refractivity contribution in [2.75, 3.05) is 0 Å². The molecular formula is C42H46N4S2. The van der Waals surface area contributed by atoms with Gasteiger partial charge in [0.2, 0.25) is 0 Å². The minimum absolute atomic E-state index is 0.877. The van der Waals surface area contributed by atoms with Crippen molar-refractivity contribution in [2.45, 2.75) is 104 Å². The van der Waals surface area contributed by atoms with Crippen molar-refractivity contribution in [3.05, 3.63) is 82.8 Å². The number of aromatic nitrogens is 4. The predicted octanol–water partition coefficient (Wildman–Crippen LogP) is 13.1. The van der Waals surface area contributed by atoms with E-state index in [0.717, 1.165) is 67.8 Å². The zero-order valence-corrected chi connectivity index (χ0v) is 30.1. The van der Waals surface area contributed by atoms with E-state index in [4.69, 9.17) is 19.9 Å². The van der Waals surface area contributed by atoms with Gasteiger partial charge in [0.15, 0.2) is 0 Å². The van der Waals surface area contributed by atoms with Crippen molar-refractivity contribution in [2.24, 2.45) is 0 Å². The van der Waals surface area contributed by atoms with E-state index in [9.17, 15) is 0 Å². The van der Waals surface area contributed by atoms with Crippen LogP contribution in [-0.2, 0) is 12.8 Å². The third-order valence-corrected chi connectivity index (χ3v) is 11.7. The topological polar surface area (TPSA) is 51.6 Å². The van der Waals surface area contributed by atoms with Gasteiger partial charge in [0.1, 0.15) is 0 Å². The fourth-order valence-corrected chi connectivity index (χ4v) is 8.94. The number of thiophene rings is 2. The summed E-state index contributed by atoms with van der Waals surface area (Å²) in [5.74, 6) is 0. The molecule has 0 saturated carbocycles. The predicted molar refractivity (Wildman–Crippen MR) is 208 cm³/mol. The van der Waals surface area contributed by atoms with Crippen LogP contribution in [-0.4, -0.2) is 19.9 Å². The maximum absolute atomic E-state index is 5.50. The molecule has 0 radical (unpaired) electrons. The van der Waals surface area contributed by atoms with Crippen LogP contribution < -0.4 is 0 Å². The second kappa shape index (κ2) is 15.7. The molecule has 0 unspecified atom stereocenters. The normalized spacial score (nSPS) is 11.9. The van der Waals surface area contributed by atoms with E-state index >= 15 is 0 Å². The molecule has 0 fully saturated rings. The number of rotatable bonds is 16. The van der Waals surface area contributed by atoms with Gasteiger partial charge in [0.05, 0.1) is 33.1 Å². The van der Waals surface area contributed by atoms with Gasteiger partial charge in [-0.3, -0.25) is 9.97 Å². The smallest absolute Gasteiger partial charge is 0.0996 e. The van der Waals surface area contributed by atoms with E-state index in [-0.39, 0.29) is 0 Å². The monoisotopic (exact) mass is 670 g/mol. The van der Waals surface area contributed by atoms with Crippen molar-refractivity contribution >= 4 is 66.5 Å². The van der Waals surface area contributed by atoms with E-state index in [1.165, 1.54) is 97.9 Å². The summed E-state index contributed by atoms with van der Waals surface area (Å²) in [7, 11) is 0. The van der Waals surface area contributed by atoms with E-state index in [1.807, 2.05) is 47.2 Å². The van der Waals surface area contributed by atoms with E-state index in [1.54, 1.807) is 0 Å². The molecule has 0 N–H and O–H groups in total. The number of aryl methyl sites for hydroxylation is 2. The Balaban J connectivity index is 1.30. The maximum atomic E-state index is 5.50. The van der Waals surface area contributed by atoms with Crippen LogP contribution in [0.2, 0.25) is 0 Å². The van der Waals surface area contributed by atoms with Gasteiger partial charge in [-0.2, -0.15) is 0 Å². The molecule has 0 atom stereocenters. The maximum Gasteiger partial charge on any atom is 0.0996 e. The lowest BCUT2D eigenvalue weighted by molar-refractivity contribution is 0.608. The van der Waals surface area contributed by atoms with Crippen LogP contribution in [0.15, 0.2) is 71.7 Å². The molecule has 0 aliphatic rings. The van der Waals surface area contributed by atoms with Crippen LogP contribution in [0.5, 0.6) is 0 Å². The summed E-state index contributed by atoms with van der Waals surface area (Å²) in [4.78, 5) is 23.1. The molecular weight excluding hydrogens is 625 g/mol. The molecule has 2 aromatic carbocycles. The Morgan fingerprint density at radius 2 is 0.917 bits per heavy atom. The van der Waals surface area contributed by atoms with Crippen molar-refractivity contribution in [1.82, 2.24) is 19.9 Å². The first kappa shape index (κ1) is 32.8. The zero-order valence-electron chi connectivity index (χ0n) is 28.4. The van der Waals surface area contributed by atoms with Gasteiger partial charge < -0.3 is 0 Å². The quantitative estimate of drug-likeness (QED) is 0.0583. The van der Waals surface area contributed by atoms with Gasteiger partial charge in [-0.1, -0.05) is 90.2 Å². The standard InChI is InChI=1S/C42H46N4S2/c1-3-5-7-9-11-13-17-29-25-35(47-27-29)31-21-22-32(36-26-30(28-48-36)18-14-12-10-8-6-4-2)40-39(31)45-41-33-19-15-23-43-37(33)38-34(42(41)46-40)20-16-24-44-38/h15-16,19-28H,3-14,17-18H2,1-2H3. The van der Waals surface area contributed by atoms with Gasteiger partial charge in [0.25, 0.3) is 0 Å². The largest absolute Gasteiger partial charge is 0.254 e. The summed E-state index contributed by atoms with van der Waals surface area (Å²) in [6, 6.07) is 17.6. The van der Waals surface area contributed by atoms with Crippen LogP contribution >= 0.6 is 22.7 Å². The Morgan fingerprint density at radius 1 is 0.479 bits per heavy atom. The second-order valence-electron chi connectivity index (χ2n) is 13.3. The number of benzene rings is 2. The first-order valence-electron chi connectivity index (χ1n) is 18.2. The van der Waals surface area contributed by atoms with Gasteiger partial charge in [0, 0.05) is 44.0 Å². The van der Waals surface area contributed by atoms with Gasteiger partial charge in [-0.25, -0.2) is 9.97 Å². The van der Waals surface area contributed by atoms with Crippen molar-refractivity contribution in [3.8, 4) is 20.9 Å². The fraction of sp³-hybridized carbons (Fsp3) is 0.381. The SMILES string of the molecule is CCCCCCCCc1csc(-c2ccc(-c3cc(CCCCCCCC)cs3)c3nc4c5cccnc5c5ncccc5c4nc23)c1. The highest BCUT2D eigenvalue weighted by atomic mass is 32.1. The molecule has 0 bridgehead atoms. The van der Waals surface area contributed by atoms with E-state index < -0.39 is 0 Å². The van der Waals surface area contributed by atoms with Crippen LogP contribution in [0.25, 0.3) is 64.8 Å². The van der Waals surface area contributed by atoms with Crippen LogP contribution in [0.3, 0.4) is 0 Å². The van der Waals surface area contributed by atoms with E-state index in [2.05, 4.69) is 61.0 Å². The molecule has 6 heteroatoms. The second-order valence-corrected chi connectivity index (χ2v) is 15.1. The molecule has 0 aliphatic carbocycles. The molecule has 48 heavy (non-hydrogen) atoms. The van der Waals surface area contributed by atoms with Gasteiger partial charge in [-0.15, -0.1) is 22.7 Å². The van der Waals surface area contributed by atoms with Crippen LogP contribution in [0, 0.1) is 0 Å². The molecule has 0 spiro atoms. The average molecular weight is 671 g/mol. The summed E-state index contributed by atoms with van der Waals surface area (Å²) < 4.78 is 0. The van der Waals surface area contributed by atoms with Crippen molar-refractivity contribution < 1.29 is 0 Å². The molecule has 0 aliphatic heterocycles. The molecule has 7 aromatic rings. The Labute approximate surface area is 292 Å². The third kappa shape index (κ3) is 7.02. The van der Waals surface area contributed by atoms with Gasteiger partial charge in [-0.05, 0) is 84.0 Å². The summed E-state index contributed by atoms with van der Waals surface area (Å²) in [5, 5.41) is 6.69. The Kier molecular flexibility index (Phi) is 10.7. The third-order valence-electron chi connectivity index (χ3n) is 9.65. The molecule has 4 nitrogen and oxygen atoms in total. The van der Waals surface area contributed by atoms with Crippen molar-refractivity contribution in [1.29, 1.82) is 0 Å². The van der Waals surface area contributed by atoms with Crippen molar-refractivity contribution in [3.63, 3.8) is 0 Å². The van der Waals surface area contributed by atoms with E-state index in [0.29, 0.717) is 0 Å². The lowest BCUT2D eigenvalue weighted by Crippen LogP contribution is -1.96. The fourth-order valence-electron chi connectivity index (χ4n) is 6.99.